The number of ether oxygens (including phenoxy) is 2. The predicted octanol–water partition coefficient (Wildman–Crippen LogP) is 1.29. The minimum Gasteiger partial charge on any atom is -0.383 e. The standard InChI is InChI=1S/C12H20ClN3O2/c1-17-5-3-16(4-6-18-2)12-7-10(8-14)11(13)9-15-12/h7,9H,3-6,8,14H2,1-2H3. The van der Waals surface area contributed by atoms with Crippen LogP contribution in [0.15, 0.2) is 12.3 Å². The van der Waals surface area contributed by atoms with Crippen LogP contribution in [0, 0.1) is 0 Å². The molecule has 0 aliphatic rings. The summed E-state index contributed by atoms with van der Waals surface area (Å²) in [5.41, 5.74) is 6.53. The molecule has 5 nitrogen and oxygen atoms in total. The van der Waals surface area contributed by atoms with E-state index >= 15 is 0 Å². The summed E-state index contributed by atoms with van der Waals surface area (Å²) < 4.78 is 10.2. The first kappa shape index (κ1) is 15.2. The molecule has 18 heavy (non-hydrogen) atoms. The van der Waals surface area contributed by atoms with Crippen molar-refractivity contribution in [3.63, 3.8) is 0 Å². The maximum Gasteiger partial charge on any atom is 0.129 e. The minimum absolute atomic E-state index is 0.400. The molecule has 0 saturated carbocycles. The quantitative estimate of drug-likeness (QED) is 0.773. The second-order valence-corrected chi connectivity index (χ2v) is 4.22. The lowest BCUT2D eigenvalue weighted by Gasteiger charge is -2.23. The van der Waals surface area contributed by atoms with E-state index in [9.17, 15) is 0 Å². The Morgan fingerprint density at radius 3 is 2.39 bits per heavy atom. The zero-order valence-corrected chi connectivity index (χ0v) is 11.6. The van der Waals surface area contributed by atoms with Gasteiger partial charge in [-0.25, -0.2) is 4.98 Å². The van der Waals surface area contributed by atoms with Gasteiger partial charge in [-0.05, 0) is 11.6 Å². The van der Waals surface area contributed by atoms with Crippen molar-refractivity contribution in [2.75, 3.05) is 45.4 Å². The van der Waals surface area contributed by atoms with Gasteiger partial charge in [0, 0.05) is 40.1 Å². The van der Waals surface area contributed by atoms with E-state index in [0.29, 0.717) is 24.8 Å². The maximum absolute atomic E-state index is 6.00. The summed E-state index contributed by atoms with van der Waals surface area (Å²) in [5, 5.41) is 0.597. The highest BCUT2D eigenvalue weighted by molar-refractivity contribution is 6.31. The van der Waals surface area contributed by atoms with Gasteiger partial charge < -0.3 is 20.1 Å². The van der Waals surface area contributed by atoms with Crippen LogP contribution in [0.1, 0.15) is 5.56 Å². The molecule has 0 saturated heterocycles. The third-order valence-corrected chi connectivity index (χ3v) is 2.94. The number of hydrogen-bond donors (Lipinski definition) is 1. The number of anilines is 1. The van der Waals surface area contributed by atoms with Crippen molar-refractivity contribution in [1.82, 2.24) is 4.98 Å². The predicted molar refractivity (Wildman–Crippen MR) is 73.1 cm³/mol. The van der Waals surface area contributed by atoms with E-state index in [4.69, 9.17) is 26.8 Å². The molecule has 0 aromatic carbocycles. The third kappa shape index (κ3) is 4.42. The van der Waals surface area contributed by atoms with Crippen molar-refractivity contribution in [2.24, 2.45) is 5.73 Å². The summed E-state index contributed by atoms with van der Waals surface area (Å²) in [4.78, 5) is 6.41. The molecule has 0 bridgehead atoms. The largest absolute Gasteiger partial charge is 0.383 e. The van der Waals surface area contributed by atoms with Gasteiger partial charge in [0.25, 0.3) is 0 Å². The Bertz CT molecular complexity index is 355. The number of rotatable bonds is 8. The number of nitrogens with zero attached hydrogens (tertiary/aromatic N) is 2. The van der Waals surface area contributed by atoms with Crippen LogP contribution in [-0.4, -0.2) is 45.5 Å². The first-order valence-corrected chi connectivity index (χ1v) is 6.18. The highest BCUT2D eigenvalue weighted by atomic mass is 35.5. The molecular formula is C12H20ClN3O2. The van der Waals surface area contributed by atoms with Crippen molar-refractivity contribution in [1.29, 1.82) is 0 Å². The summed E-state index contributed by atoms with van der Waals surface area (Å²) in [7, 11) is 3.35. The number of methoxy groups -OCH3 is 2. The van der Waals surface area contributed by atoms with Crippen LogP contribution in [0.5, 0.6) is 0 Å². The summed E-state index contributed by atoms with van der Waals surface area (Å²) in [6.45, 7) is 3.16. The summed E-state index contributed by atoms with van der Waals surface area (Å²) >= 11 is 6.00. The van der Waals surface area contributed by atoms with E-state index in [1.54, 1.807) is 20.4 Å². The second kappa shape index (κ2) is 8.26. The molecule has 1 rings (SSSR count). The van der Waals surface area contributed by atoms with Gasteiger partial charge >= 0.3 is 0 Å². The van der Waals surface area contributed by atoms with Gasteiger partial charge in [0.2, 0.25) is 0 Å². The summed E-state index contributed by atoms with van der Waals surface area (Å²) in [6, 6.07) is 1.91. The number of halogens is 1. The smallest absolute Gasteiger partial charge is 0.129 e. The summed E-state index contributed by atoms with van der Waals surface area (Å²) in [6.07, 6.45) is 1.63. The Morgan fingerprint density at radius 1 is 1.28 bits per heavy atom. The fraction of sp³-hybridized carbons (Fsp3) is 0.583. The number of hydrogen-bond acceptors (Lipinski definition) is 5. The molecule has 1 aromatic heterocycles. The minimum atomic E-state index is 0.400. The van der Waals surface area contributed by atoms with Gasteiger partial charge in [-0.1, -0.05) is 11.6 Å². The normalized spacial score (nSPS) is 10.7. The fourth-order valence-electron chi connectivity index (χ4n) is 1.54. The number of aromatic nitrogens is 1. The van der Waals surface area contributed by atoms with Crippen molar-refractivity contribution in [2.45, 2.75) is 6.54 Å². The van der Waals surface area contributed by atoms with Gasteiger partial charge in [-0.2, -0.15) is 0 Å². The molecule has 1 heterocycles. The first-order valence-electron chi connectivity index (χ1n) is 5.80. The molecular weight excluding hydrogens is 254 g/mol. The molecule has 6 heteroatoms. The van der Waals surface area contributed by atoms with Crippen LogP contribution in [0.2, 0.25) is 5.02 Å². The Labute approximate surface area is 113 Å². The monoisotopic (exact) mass is 273 g/mol. The van der Waals surface area contributed by atoms with Gasteiger partial charge in [0.15, 0.2) is 0 Å². The average Bonchev–Trinajstić information content (AvgIpc) is 2.40. The van der Waals surface area contributed by atoms with Crippen molar-refractivity contribution >= 4 is 17.4 Å². The average molecular weight is 274 g/mol. The molecule has 1 aromatic rings. The van der Waals surface area contributed by atoms with Crippen LogP contribution in [0.4, 0.5) is 5.82 Å². The highest BCUT2D eigenvalue weighted by Gasteiger charge is 2.10. The molecule has 2 N–H and O–H groups in total. The lowest BCUT2D eigenvalue weighted by molar-refractivity contribution is 0.190. The van der Waals surface area contributed by atoms with E-state index in [2.05, 4.69) is 9.88 Å². The fourth-order valence-corrected chi connectivity index (χ4v) is 1.72. The Kier molecular flexibility index (Phi) is 6.97. The maximum atomic E-state index is 6.00. The molecule has 0 amide bonds. The molecule has 0 aliphatic carbocycles. The van der Waals surface area contributed by atoms with Gasteiger partial charge in [-0.15, -0.1) is 0 Å². The molecule has 0 fully saturated rings. The molecule has 0 radical (unpaired) electrons. The molecule has 102 valence electrons. The van der Waals surface area contributed by atoms with E-state index < -0.39 is 0 Å². The van der Waals surface area contributed by atoms with Crippen molar-refractivity contribution < 1.29 is 9.47 Å². The van der Waals surface area contributed by atoms with Crippen LogP contribution < -0.4 is 10.6 Å². The van der Waals surface area contributed by atoms with Crippen molar-refractivity contribution in [3.05, 3.63) is 22.8 Å². The Hall–Kier alpha value is -0.880. The van der Waals surface area contributed by atoms with E-state index in [1.165, 1.54) is 0 Å². The molecule has 0 atom stereocenters. The van der Waals surface area contributed by atoms with E-state index in [0.717, 1.165) is 24.5 Å². The second-order valence-electron chi connectivity index (χ2n) is 3.81. The van der Waals surface area contributed by atoms with E-state index in [-0.39, 0.29) is 0 Å². The van der Waals surface area contributed by atoms with Crippen molar-refractivity contribution in [3.8, 4) is 0 Å². The van der Waals surface area contributed by atoms with E-state index in [1.807, 2.05) is 6.07 Å². The first-order chi connectivity index (χ1) is 8.72. The van der Waals surface area contributed by atoms with Crippen LogP contribution in [-0.2, 0) is 16.0 Å². The lowest BCUT2D eigenvalue weighted by Crippen LogP contribution is -2.31. The summed E-state index contributed by atoms with van der Waals surface area (Å²) in [5.74, 6) is 0.842. The highest BCUT2D eigenvalue weighted by Crippen LogP contribution is 2.19. The Morgan fingerprint density at radius 2 is 1.89 bits per heavy atom. The topological polar surface area (TPSA) is 60.6 Å². The third-order valence-electron chi connectivity index (χ3n) is 2.59. The number of pyridine rings is 1. The lowest BCUT2D eigenvalue weighted by atomic mass is 10.2. The molecule has 0 aliphatic heterocycles. The zero-order chi connectivity index (χ0) is 13.4. The number of nitrogens with two attached hydrogens (primary N) is 1. The van der Waals surface area contributed by atoms with Crippen LogP contribution >= 0.6 is 11.6 Å². The Balaban J connectivity index is 2.82. The van der Waals surface area contributed by atoms with Crippen LogP contribution in [0.3, 0.4) is 0 Å². The van der Waals surface area contributed by atoms with Gasteiger partial charge in [0.1, 0.15) is 5.82 Å². The van der Waals surface area contributed by atoms with Gasteiger partial charge in [0.05, 0.1) is 18.2 Å². The molecule has 0 unspecified atom stereocenters. The SMILES string of the molecule is COCCN(CCOC)c1cc(CN)c(Cl)cn1. The van der Waals surface area contributed by atoms with Crippen LogP contribution in [0.25, 0.3) is 0 Å². The molecule has 0 spiro atoms. The zero-order valence-electron chi connectivity index (χ0n) is 10.9. The van der Waals surface area contributed by atoms with Gasteiger partial charge in [-0.3, -0.25) is 0 Å².